The van der Waals surface area contributed by atoms with Crippen molar-refractivity contribution in [2.24, 2.45) is 0 Å². The fraction of sp³-hybridized carbons (Fsp3) is 0.321. The summed E-state index contributed by atoms with van der Waals surface area (Å²) in [4.78, 5) is 25.4. The molecule has 0 radical (unpaired) electrons. The lowest BCUT2D eigenvalue weighted by molar-refractivity contribution is -0.163. The SMILES string of the molecule is CC(=O)O[C@H]1[C@H](n2ccc(C(C)OCc3ccccc3)cc2=O)c2cc(C#N)ccc2OC1(C)C. The van der Waals surface area contributed by atoms with Crippen molar-refractivity contribution in [3.8, 4) is 11.8 Å². The molecule has 180 valence electrons. The van der Waals surface area contributed by atoms with Gasteiger partial charge >= 0.3 is 5.97 Å². The molecule has 7 heteroatoms. The van der Waals surface area contributed by atoms with Crippen LogP contribution in [-0.2, 0) is 20.9 Å². The Labute approximate surface area is 204 Å². The number of carbonyl (C=O) groups excluding carboxylic acids is 1. The van der Waals surface area contributed by atoms with Crippen LogP contribution in [0, 0.1) is 11.3 Å². The maximum absolute atomic E-state index is 13.4. The van der Waals surface area contributed by atoms with E-state index in [4.69, 9.17) is 14.2 Å². The minimum absolute atomic E-state index is 0.272. The van der Waals surface area contributed by atoms with Crippen LogP contribution in [0.4, 0.5) is 0 Å². The standard InChI is InChI=1S/C28H28N2O5/c1-18(33-17-20-8-6-5-7-9-20)22-12-13-30(25(32)15-22)26-23-14-21(16-29)10-11-24(23)35-28(3,4)27(26)34-19(2)31/h5-15,18,26-27H,17H2,1-4H3/t18?,26-,27+/m1/s1. The highest BCUT2D eigenvalue weighted by Gasteiger charge is 2.47. The van der Waals surface area contributed by atoms with Gasteiger partial charge in [-0.3, -0.25) is 9.59 Å². The predicted molar refractivity (Wildman–Crippen MR) is 130 cm³/mol. The van der Waals surface area contributed by atoms with Gasteiger partial charge in [0.25, 0.3) is 5.56 Å². The van der Waals surface area contributed by atoms with Crippen molar-refractivity contribution in [3.63, 3.8) is 0 Å². The van der Waals surface area contributed by atoms with Crippen LogP contribution in [0.15, 0.2) is 71.7 Å². The Kier molecular flexibility index (Phi) is 6.77. The zero-order valence-electron chi connectivity index (χ0n) is 20.2. The van der Waals surface area contributed by atoms with Crippen molar-refractivity contribution in [2.75, 3.05) is 0 Å². The highest BCUT2D eigenvalue weighted by atomic mass is 16.6. The summed E-state index contributed by atoms with van der Waals surface area (Å²) in [5, 5.41) is 9.44. The van der Waals surface area contributed by atoms with Gasteiger partial charge in [-0.2, -0.15) is 5.26 Å². The summed E-state index contributed by atoms with van der Waals surface area (Å²) >= 11 is 0. The van der Waals surface area contributed by atoms with Crippen molar-refractivity contribution in [2.45, 2.75) is 58.2 Å². The van der Waals surface area contributed by atoms with Crippen molar-refractivity contribution >= 4 is 5.97 Å². The van der Waals surface area contributed by atoms with E-state index in [1.54, 1.807) is 24.4 Å². The first kappa shape index (κ1) is 24.2. The van der Waals surface area contributed by atoms with Crippen LogP contribution >= 0.6 is 0 Å². The van der Waals surface area contributed by atoms with Gasteiger partial charge in [-0.1, -0.05) is 30.3 Å². The molecule has 2 heterocycles. The van der Waals surface area contributed by atoms with E-state index in [-0.39, 0.29) is 11.7 Å². The normalized spacial score (nSPS) is 19.1. The number of carbonyl (C=O) groups is 1. The molecular weight excluding hydrogens is 444 g/mol. The lowest BCUT2D eigenvalue weighted by atomic mass is 9.85. The fourth-order valence-electron chi connectivity index (χ4n) is 4.39. The molecule has 35 heavy (non-hydrogen) atoms. The molecule has 7 nitrogen and oxygen atoms in total. The molecule has 1 aliphatic heterocycles. The molecule has 0 N–H and O–H groups in total. The fourth-order valence-corrected chi connectivity index (χ4v) is 4.39. The Morgan fingerprint density at radius 2 is 1.91 bits per heavy atom. The van der Waals surface area contributed by atoms with E-state index >= 15 is 0 Å². The van der Waals surface area contributed by atoms with E-state index in [2.05, 4.69) is 6.07 Å². The summed E-state index contributed by atoms with van der Waals surface area (Å²) in [6.07, 6.45) is 0.591. The Bertz CT molecular complexity index is 1320. The number of ether oxygens (including phenoxy) is 3. The van der Waals surface area contributed by atoms with E-state index in [9.17, 15) is 14.9 Å². The van der Waals surface area contributed by atoms with Crippen LogP contribution in [-0.4, -0.2) is 22.2 Å². The average molecular weight is 473 g/mol. The number of hydrogen-bond acceptors (Lipinski definition) is 6. The highest BCUT2D eigenvalue weighted by molar-refractivity contribution is 5.66. The monoisotopic (exact) mass is 472 g/mol. The Morgan fingerprint density at radius 3 is 2.57 bits per heavy atom. The largest absolute Gasteiger partial charge is 0.484 e. The van der Waals surface area contributed by atoms with Crippen LogP contribution in [0.25, 0.3) is 0 Å². The molecule has 1 aliphatic rings. The van der Waals surface area contributed by atoms with E-state index in [0.717, 1.165) is 11.1 Å². The first-order chi connectivity index (χ1) is 16.7. The van der Waals surface area contributed by atoms with Gasteiger partial charge in [0.05, 0.1) is 24.3 Å². The Hall–Kier alpha value is -3.89. The smallest absolute Gasteiger partial charge is 0.303 e. The van der Waals surface area contributed by atoms with E-state index < -0.39 is 23.7 Å². The molecular formula is C28H28N2O5. The molecule has 0 amide bonds. The van der Waals surface area contributed by atoms with E-state index in [1.807, 2.05) is 57.2 Å². The molecule has 1 aromatic heterocycles. The van der Waals surface area contributed by atoms with Gasteiger partial charge in [-0.25, -0.2) is 0 Å². The van der Waals surface area contributed by atoms with Gasteiger partial charge in [0.15, 0.2) is 6.10 Å². The van der Waals surface area contributed by atoms with Gasteiger partial charge in [-0.05, 0) is 56.2 Å². The molecule has 2 aromatic carbocycles. The molecule has 0 saturated carbocycles. The second kappa shape index (κ2) is 9.77. The van der Waals surface area contributed by atoms with Gasteiger partial charge < -0.3 is 18.8 Å². The number of nitrogens with zero attached hydrogens (tertiary/aromatic N) is 2. The summed E-state index contributed by atoms with van der Waals surface area (Å²) < 4.78 is 19.3. The summed E-state index contributed by atoms with van der Waals surface area (Å²) in [6.45, 7) is 7.28. The maximum Gasteiger partial charge on any atom is 0.303 e. The molecule has 0 saturated heterocycles. The molecule has 0 fully saturated rings. The maximum atomic E-state index is 13.4. The number of rotatable bonds is 6. The molecule has 0 aliphatic carbocycles. The van der Waals surface area contributed by atoms with Gasteiger partial charge in [0.2, 0.25) is 0 Å². The number of aromatic nitrogens is 1. The number of esters is 1. The third kappa shape index (κ3) is 5.13. The van der Waals surface area contributed by atoms with Gasteiger partial charge in [0, 0.05) is 24.8 Å². The van der Waals surface area contributed by atoms with Crippen molar-refractivity contribution in [3.05, 3.63) is 99.5 Å². The van der Waals surface area contributed by atoms with Gasteiger partial charge in [-0.15, -0.1) is 0 Å². The highest BCUT2D eigenvalue weighted by Crippen LogP contribution is 2.43. The Morgan fingerprint density at radius 1 is 1.17 bits per heavy atom. The lowest BCUT2D eigenvalue weighted by Crippen LogP contribution is -2.54. The molecule has 0 spiro atoms. The summed E-state index contributed by atoms with van der Waals surface area (Å²) in [7, 11) is 0. The van der Waals surface area contributed by atoms with Crippen LogP contribution in [0.1, 0.15) is 62.1 Å². The lowest BCUT2D eigenvalue weighted by Gasteiger charge is -2.44. The second-order valence-electron chi connectivity index (χ2n) is 9.19. The molecule has 1 unspecified atom stereocenters. The first-order valence-electron chi connectivity index (χ1n) is 11.5. The van der Waals surface area contributed by atoms with E-state index in [0.29, 0.717) is 23.5 Å². The summed E-state index contributed by atoms with van der Waals surface area (Å²) in [6, 6.07) is 19.7. The number of pyridine rings is 1. The Balaban J connectivity index is 1.71. The minimum atomic E-state index is -0.915. The number of hydrogen-bond donors (Lipinski definition) is 0. The minimum Gasteiger partial charge on any atom is -0.484 e. The first-order valence-corrected chi connectivity index (χ1v) is 11.5. The quantitative estimate of drug-likeness (QED) is 0.484. The number of nitriles is 1. The topological polar surface area (TPSA) is 90.5 Å². The zero-order valence-corrected chi connectivity index (χ0v) is 20.2. The molecule has 3 atom stereocenters. The van der Waals surface area contributed by atoms with Crippen LogP contribution < -0.4 is 10.3 Å². The van der Waals surface area contributed by atoms with Crippen molar-refractivity contribution in [1.29, 1.82) is 5.26 Å². The van der Waals surface area contributed by atoms with Crippen LogP contribution in [0.3, 0.4) is 0 Å². The number of fused-ring (bicyclic) bond motifs is 1. The number of benzene rings is 2. The predicted octanol–water partition coefficient (Wildman–Crippen LogP) is 4.69. The molecule has 3 aromatic rings. The molecule has 0 bridgehead atoms. The van der Waals surface area contributed by atoms with Crippen LogP contribution in [0.2, 0.25) is 0 Å². The summed E-state index contributed by atoms with van der Waals surface area (Å²) in [5.41, 5.74) is 1.63. The summed E-state index contributed by atoms with van der Waals surface area (Å²) in [5.74, 6) is 0.0575. The van der Waals surface area contributed by atoms with Crippen LogP contribution in [0.5, 0.6) is 5.75 Å². The third-order valence-corrected chi connectivity index (χ3v) is 6.18. The van der Waals surface area contributed by atoms with Gasteiger partial charge in [0.1, 0.15) is 17.4 Å². The van der Waals surface area contributed by atoms with Crippen molar-refractivity contribution in [1.82, 2.24) is 4.57 Å². The molecule has 4 rings (SSSR count). The second-order valence-corrected chi connectivity index (χ2v) is 9.19. The average Bonchev–Trinajstić information content (AvgIpc) is 2.83. The zero-order chi connectivity index (χ0) is 25.2. The third-order valence-electron chi connectivity index (χ3n) is 6.18. The van der Waals surface area contributed by atoms with Crippen molar-refractivity contribution < 1.29 is 19.0 Å². The van der Waals surface area contributed by atoms with E-state index in [1.165, 1.54) is 17.6 Å².